The van der Waals surface area contributed by atoms with Crippen LogP contribution in [0.3, 0.4) is 0 Å². The van der Waals surface area contributed by atoms with Gasteiger partial charge in [-0.1, -0.05) is 44.2 Å². The highest BCUT2D eigenvalue weighted by atomic mass is 19.1. The summed E-state index contributed by atoms with van der Waals surface area (Å²) in [5.74, 6) is 0.344. The monoisotopic (exact) mass is 269 g/mol. The molecule has 0 fully saturated rings. The van der Waals surface area contributed by atoms with Crippen molar-refractivity contribution in [1.82, 2.24) is 5.32 Å². The number of fused-ring (bicyclic) bond motifs is 1. The van der Waals surface area contributed by atoms with Gasteiger partial charge in [0, 0.05) is 6.54 Å². The Balaban J connectivity index is 2.03. The third-order valence-corrected chi connectivity index (χ3v) is 4.09. The molecule has 0 saturated carbocycles. The SMILES string of the molecule is CC(C)c1ccc2c(c1)C(c1ccc(F)cc1)NCC2. The summed E-state index contributed by atoms with van der Waals surface area (Å²) in [6.07, 6.45) is 1.06. The van der Waals surface area contributed by atoms with Gasteiger partial charge in [-0.2, -0.15) is 0 Å². The van der Waals surface area contributed by atoms with Crippen molar-refractivity contribution in [2.24, 2.45) is 0 Å². The van der Waals surface area contributed by atoms with Crippen LogP contribution in [0.5, 0.6) is 0 Å². The van der Waals surface area contributed by atoms with E-state index in [1.807, 2.05) is 12.1 Å². The topological polar surface area (TPSA) is 12.0 Å². The van der Waals surface area contributed by atoms with E-state index in [2.05, 4.69) is 37.4 Å². The Bertz CT molecular complexity index is 601. The molecule has 1 N–H and O–H groups in total. The van der Waals surface area contributed by atoms with E-state index in [1.54, 1.807) is 0 Å². The van der Waals surface area contributed by atoms with E-state index >= 15 is 0 Å². The molecule has 1 aliphatic heterocycles. The molecule has 0 aromatic heterocycles. The molecule has 0 aliphatic carbocycles. The van der Waals surface area contributed by atoms with Gasteiger partial charge in [0.15, 0.2) is 0 Å². The molecule has 0 spiro atoms. The van der Waals surface area contributed by atoms with Crippen LogP contribution >= 0.6 is 0 Å². The lowest BCUT2D eigenvalue weighted by molar-refractivity contribution is 0.564. The summed E-state index contributed by atoms with van der Waals surface area (Å²) in [5.41, 5.74) is 5.24. The summed E-state index contributed by atoms with van der Waals surface area (Å²) < 4.78 is 13.1. The summed E-state index contributed by atoms with van der Waals surface area (Å²) in [7, 11) is 0. The molecular formula is C18H20FN. The molecule has 3 rings (SSSR count). The zero-order chi connectivity index (χ0) is 14.1. The molecule has 1 unspecified atom stereocenters. The second-order valence-corrected chi connectivity index (χ2v) is 5.80. The van der Waals surface area contributed by atoms with E-state index in [-0.39, 0.29) is 11.9 Å². The van der Waals surface area contributed by atoms with E-state index in [9.17, 15) is 4.39 Å². The normalized spacial score (nSPS) is 18.1. The van der Waals surface area contributed by atoms with Gasteiger partial charge >= 0.3 is 0 Å². The van der Waals surface area contributed by atoms with Crippen LogP contribution in [0.1, 0.15) is 48.1 Å². The largest absolute Gasteiger partial charge is 0.306 e. The highest BCUT2D eigenvalue weighted by molar-refractivity contribution is 5.42. The number of hydrogen-bond acceptors (Lipinski definition) is 1. The van der Waals surface area contributed by atoms with Crippen LogP contribution in [0, 0.1) is 5.82 Å². The number of benzene rings is 2. The standard InChI is InChI=1S/C18H20FN/c1-12(2)15-4-3-13-9-10-20-18(17(13)11-15)14-5-7-16(19)8-6-14/h3-8,11-12,18,20H,9-10H2,1-2H3. The molecule has 20 heavy (non-hydrogen) atoms. The van der Waals surface area contributed by atoms with Crippen LogP contribution < -0.4 is 5.32 Å². The van der Waals surface area contributed by atoms with Gasteiger partial charge in [0.25, 0.3) is 0 Å². The van der Waals surface area contributed by atoms with Crippen LogP contribution in [0.25, 0.3) is 0 Å². The molecule has 2 heteroatoms. The molecule has 1 aliphatic rings. The molecule has 2 aromatic rings. The molecule has 0 bridgehead atoms. The van der Waals surface area contributed by atoms with E-state index in [0.717, 1.165) is 18.5 Å². The average molecular weight is 269 g/mol. The van der Waals surface area contributed by atoms with Crippen molar-refractivity contribution in [2.45, 2.75) is 32.2 Å². The summed E-state index contributed by atoms with van der Waals surface area (Å²) >= 11 is 0. The molecule has 0 saturated heterocycles. The Hall–Kier alpha value is -1.67. The summed E-state index contributed by atoms with van der Waals surface area (Å²) in [6.45, 7) is 5.39. The first-order chi connectivity index (χ1) is 9.65. The minimum absolute atomic E-state index is 0.179. The van der Waals surface area contributed by atoms with Crippen molar-refractivity contribution in [3.8, 4) is 0 Å². The molecule has 0 radical (unpaired) electrons. The van der Waals surface area contributed by atoms with Crippen molar-refractivity contribution < 1.29 is 4.39 Å². The predicted octanol–water partition coefficient (Wildman–Crippen LogP) is 4.18. The number of halogens is 1. The lowest BCUT2D eigenvalue weighted by atomic mass is 9.87. The van der Waals surface area contributed by atoms with Crippen LogP contribution in [0.15, 0.2) is 42.5 Å². The Morgan fingerprint density at radius 2 is 1.85 bits per heavy atom. The first-order valence-electron chi connectivity index (χ1n) is 7.26. The Labute approximate surface area is 119 Å². The van der Waals surface area contributed by atoms with Crippen LogP contribution in [-0.2, 0) is 6.42 Å². The van der Waals surface area contributed by atoms with Gasteiger partial charge < -0.3 is 5.32 Å². The van der Waals surface area contributed by atoms with E-state index < -0.39 is 0 Å². The maximum Gasteiger partial charge on any atom is 0.123 e. The number of nitrogens with one attached hydrogen (secondary N) is 1. The lowest BCUT2D eigenvalue weighted by Crippen LogP contribution is -2.30. The zero-order valence-corrected chi connectivity index (χ0v) is 12.0. The van der Waals surface area contributed by atoms with Crippen LogP contribution in [-0.4, -0.2) is 6.54 Å². The highest BCUT2D eigenvalue weighted by Gasteiger charge is 2.21. The van der Waals surface area contributed by atoms with Gasteiger partial charge in [-0.3, -0.25) is 0 Å². The molecule has 1 atom stereocenters. The van der Waals surface area contributed by atoms with Crippen LogP contribution in [0.4, 0.5) is 4.39 Å². The second-order valence-electron chi connectivity index (χ2n) is 5.80. The van der Waals surface area contributed by atoms with E-state index in [1.165, 1.54) is 28.8 Å². The molecule has 1 nitrogen and oxygen atoms in total. The number of hydrogen-bond donors (Lipinski definition) is 1. The van der Waals surface area contributed by atoms with Crippen molar-refractivity contribution in [3.63, 3.8) is 0 Å². The maximum atomic E-state index is 13.1. The van der Waals surface area contributed by atoms with Gasteiger partial charge in [0.05, 0.1) is 6.04 Å². The maximum absolute atomic E-state index is 13.1. The van der Waals surface area contributed by atoms with Gasteiger partial charge in [0.2, 0.25) is 0 Å². The molecule has 0 amide bonds. The third kappa shape index (κ3) is 2.48. The quantitative estimate of drug-likeness (QED) is 0.862. The fraction of sp³-hybridized carbons (Fsp3) is 0.333. The summed E-state index contributed by atoms with van der Waals surface area (Å²) in [5, 5.41) is 3.55. The van der Waals surface area contributed by atoms with E-state index in [0.29, 0.717) is 5.92 Å². The van der Waals surface area contributed by atoms with Gasteiger partial charge in [-0.05, 0) is 46.7 Å². The minimum Gasteiger partial charge on any atom is -0.306 e. The van der Waals surface area contributed by atoms with Gasteiger partial charge in [-0.25, -0.2) is 4.39 Å². The Morgan fingerprint density at radius 3 is 2.55 bits per heavy atom. The lowest BCUT2D eigenvalue weighted by Gasteiger charge is -2.28. The fourth-order valence-electron chi connectivity index (χ4n) is 2.88. The van der Waals surface area contributed by atoms with Crippen LogP contribution in [0.2, 0.25) is 0 Å². The average Bonchev–Trinajstić information content (AvgIpc) is 2.47. The Kier molecular flexibility index (Phi) is 3.58. The first-order valence-corrected chi connectivity index (χ1v) is 7.26. The minimum atomic E-state index is -0.180. The van der Waals surface area contributed by atoms with Crippen molar-refractivity contribution in [1.29, 1.82) is 0 Å². The number of rotatable bonds is 2. The molecular weight excluding hydrogens is 249 g/mol. The van der Waals surface area contributed by atoms with Gasteiger partial charge in [0.1, 0.15) is 5.82 Å². The molecule has 1 heterocycles. The summed E-state index contributed by atoms with van der Waals surface area (Å²) in [6, 6.07) is 13.8. The zero-order valence-electron chi connectivity index (χ0n) is 12.0. The van der Waals surface area contributed by atoms with Crippen molar-refractivity contribution in [2.75, 3.05) is 6.54 Å². The summed E-state index contributed by atoms with van der Waals surface area (Å²) in [4.78, 5) is 0. The predicted molar refractivity (Wildman–Crippen MR) is 80.5 cm³/mol. The third-order valence-electron chi connectivity index (χ3n) is 4.09. The second kappa shape index (κ2) is 5.37. The smallest absolute Gasteiger partial charge is 0.123 e. The molecule has 2 aromatic carbocycles. The first kappa shape index (κ1) is 13.3. The highest BCUT2D eigenvalue weighted by Crippen LogP contribution is 2.31. The Morgan fingerprint density at radius 1 is 1.10 bits per heavy atom. The van der Waals surface area contributed by atoms with Gasteiger partial charge in [-0.15, -0.1) is 0 Å². The van der Waals surface area contributed by atoms with Crippen molar-refractivity contribution in [3.05, 3.63) is 70.5 Å². The molecule has 104 valence electrons. The van der Waals surface area contributed by atoms with Crippen molar-refractivity contribution >= 4 is 0 Å². The fourth-order valence-corrected chi connectivity index (χ4v) is 2.88. The van der Waals surface area contributed by atoms with E-state index in [4.69, 9.17) is 0 Å².